The molecule has 0 radical (unpaired) electrons. The van der Waals surface area contributed by atoms with Crippen molar-refractivity contribution < 1.29 is 24.2 Å². The van der Waals surface area contributed by atoms with E-state index >= 15 is 0 Å². The average molecular weight is 556 g/mol. The summed E-state index contributed by atoms with van der Waals surface area (Å²) in [6.07, 6.45) is 37.6. The van der Waals surface area contributed by atoms with E-state index in [4.69, 9.17) is 9.84 Å². The number of unbranched alkanes of at least 4 members (excludes halogenated alkanes) is 4. The molecule has 1 atom stereocenters. The third kappa shape index (κ3) is 27.9. The smallest absolute Gasteiger partial charge is 0.322 e. The highest BCUT2D eigenvalue weighted by Gasteiger charge is 2.11. The highest BCUT2D eigenvalue weighted by molar-refractivity contribution is 5.80. The van der Waals surface area contributed by atoms with Gasteiger partial charge in [0.1, 0.15) is 12.6 Å². The lowest BCUT2D eigenvalue weighted by atomic mass is 10.1. The molecular weight excluding hydrogens is 502 g/mol. The molecule has 0 aromatic rings. The van der Waals surface area contributed by atoms with Gasteiger partial charge in [-0.1, -0.05) is 99.9 Å². The van der Waals surface area contributed by atoms with Crippen molar-refractivity contribution >= 4 is 17.8 Å². The van der Waals surface area contributed by atoms with Gasteiger partial charge in [-0.3, -0.25) is 14.4 Å². The van der Waals surface area contributed by atoms with Crippen LogP contribution in [-0.4, -0.2) is 35.6 Å². The van der Waals surface area contributed by atoms with Crippen molar-refractivity contribution in [2.45, 2.75) is 116 Å². The van der Waals surface area contributed by atoms with E-state index in [0.29, 0.717) is 25.7 Å². The van der Waals surface area contributed by atoms with Gasteiger partial charge in [0.15, 0.2) is 0 Å². The number of hydrogen-bond acceptors (Lipinski definition) is 4. The van der Waals surface area contributed by atoms with Gasteiger partial charge in [0.2, 0.25) is 5.91 Å². The summed E-state index contributed by atoms with van der Waals surface area (Å²) in [5.74, 6) is -1.46. The van der Waals surface area contributed by atoms with Crippen LogP contribution in [0, 0.1) is 0 Å². The Morgan fingerprint density at radius 1 is 0.700 bits per heavy atom. The van der Waals surface area contributed by atoms with E-state index in [1.165, 1.54) is 0 Å². The number of amides is 1. The highest BCUT2D eigenvalue weighted by atomic mass is 16.5. The number of carbonyl (C=O) groups is 3. The molecule has 1 unspecified atom stereocenters. The summed E-state index contributed by atoms with van der Waals surface area (Å²) in [5, 5.41) is 11.0. The number of nitrogens with one attached hydrogen (secondary N) is 1. The van der Waals surface area contributed by atoms with E-state index in [1.54, 1.807) is 0 Å². The Hall–Kier alpha value is -3.15. The minimum absolute atomic E-state index is 0.186. The third-order valence-corrected chi connectivity index (χ3v) is 5.84. The maximum absolute atomic E-state index is 12.4. The second kappa shape index (κ2) is 28.8. The van der Waals surface area contributed by atoms with Crippen LogP contribution in [0.1, 0.15) is 110 Å². The first kappa shape index (κ1) is 36.8. The van der Waals surface area contributed by atoms with Crippen LogP contribution in [0.4, 0.5) is 0 Å². The summed E-state index contributed by atoms with van der Waals surface area (Å²) in [4.78, 5) is 34.5. The lowest BCUT2D eigenvalue weighted by molar-refractivity contribution is -0.147. The second-order valence-electron chi connectivity index (χ2n) is 9.62. The fourth-order valence-corrected chi connectivity index (χ4v) is 3.66. The zero-order valence-electron chi connectivity index (χ0n) is 24.9. The molecule has 0 bridgehead atoms. The molecule has 0 aliphatic carbocycles. The molecule has 6 heteroatoms. The van der Waals surface area contributed by atoms with Crippen molar-refractivity contribution in [2.24, 2.45) is 0 Å². The van der Waals surface area contributed by atoms with Gasteiger partial charge >= 0.3 is 11.9 Å². The Morgan fingerprint density at radius 3 is 1.90 bits per heavy atom. The van der Waals surface area contributed by atoms with Gasteiger partial charge in [-0.25, -0.2) is 0 Å². The third-order valence-electron chi connectivity index (χ3n) is 5.84. The fraction of sp³-hybridized carbons (Fsp3) is 0.559. The van der Waals surface area contributed by atoms with Crippen molar-refractivity contribution in [1.29, 1.82) is 0 Å². The average Bonchev–Trinajstić information content (AvgIpc) is 2.93. The topological polar surface area (TPSA) is 92.7 Å². The second-order valence-corrected chi connectivity index (χ2v) is 9.62. The standard InChI is InChI=1S/C34H53NO5/c1-3-5-7-9-11-12-13-14-15-16-17-19-25-29-34(39)40-31(26-22-18-10-8-6-4-2)27-23-20-21-24-28-32(36)35-30-33(37)38/h5,7-8,10-12,14-15,17,19,22,26,31H,3-4,6,9,13,16,18,20-21,23-25,27-30H2,1-2H3,(H,35,36)(H,37,38)/b7-5-,10-8-,12-11-,15-14-,19-17-,26-22-. The van der Waals surface area contributed by atoms with Crippen LogP contribution >= 0.6 is 0 Å². The van der Waals surface area contributed by atoms with Crippen LogP contribution in [0.2, 0.25) is 0 Å². The van der Waals surface area contributed by atoms with Gasteiger partial charge in [-0.15, -0.1) is 0 Å². The fourth-order valence-electron chi connectivity index (χ4n) is 3.66. The van der Waals surface area contributed by atoms with Crippen LogP contribution in [0.25, 0.3) is 0 Å². The molecule has 0 aliphatic heterocycles. The first-order valence-electron chi connectivity index (χ1n) is 15.1. The number of rotatable bonds is 25. The lowest BCUT2D eigenvalue weighted by Crippen LogP contribution is -2.28. The first-order chi connectivity index (χ1) is 19.5. The predicted octanol–water partition coefficient (Wildman–Crippen LogP) is 8.33. The Morgan fingerprint density at radius 2 is 1.27 bits per heavy atom. The van der Waals surface area contributed by atoms with Crippen molar-refractivity contribution in [3.63, 3.8) is 0 Å². The summed E-state index contributed by atoms with van der Waals surface area (Å²) in [6, 6.07) is 0. The van der Waals surface area contributed by atoms with Gasteiger partial charge in [-0.05, 0) is 70.3 Å². The zero-order valence-corrected chi connectivity index (χ0v) is 24.9. The number of allylic oxidation sites excluding steroid dienone is 11. The van der Waals surface area contributed by atoms with Crippen LogP contribution in [0.5, 0.6) is 0 Å². The van der Waals surface area contributed by atoms with Gasteiger partial charge in [0.25, 0.3) is 0 Å². The molecule has 0 heterocycles. The van der Waals surface area contributed by atoms with Crippen LogP contribution in [0.3, 0.4) is 0 Å². The quantitative estimate of drug-likeness (QED) is 0.0671. The maximum atomic E-state index is 12.4. The molecule has 0 spiro atoms. The first-order valence-corrected chi connectivity index (χ1v) is 15.1. The Labute approximate surface area is 243 Å². The van der Waals surface area contributed by atoms with Crippen molar-refractivity contribution in [3.8, 4) is 0 Å². The van der Waals surface area contributed by atoms with Crippen molar-refractivity contribution in [2.75, 3.05) is 6.54 Å². The van der Waals surface area contributed by atoms with Gasteiger partial charge in [-0.2, -0.15) is 0 Å². The summed E-state index contributed by atoms with van der Waals surface area (Å²) in [7, 11) is 0. The van der Waals surface area contributed by atoms with Gasteiger partial charge in [0.05, 0.1) is 0 Å². The van der Waals surface area contributed by atoms with E-state index in [0.717, 1.165) is 70.6 Å². The minimum atomic E-state index is -1.04. The summed E-state index contributed by atoms with van der Waals surface area (Å²) in [5.41, 5.74) is 0. The molecule has 0 saturated carbocycles. The maximum Gasteiger partial charge on any atom is 0.322 e. The van der Waals surface area contributed by atoms with Crippen molar-refractivity contribution in [3.05, 3.63) is 72.9 Å². The van der Waals surface area contributed by atoms with Crippen LogP contribution < -0.4 is 5.32 Å². The molecule has 0 aromatic heterocycles. The number of carboxylic acids is 1. The van der Waals surface area contributed by atoms with E-state index in [-0.39, 0.29) is 24.5 Å². The number of hydrogen-bond donors (Lipinski definition) is 2. The largest absolute Gasteiger partial charge is 0.480 e. The minimum Gasteiger partial charge on any atom is -0.480 e. The summed E-state index contributed by atoms with van der Waals surface area (Å²) >= 11 is 0. The SMILES string of the molecule is CC/C=C\C/C=C\C/C=C\C/C=C\CCC(=O)OC(/C=C\C/C=C\CCC)CCCCCCC(=O)NCC(=O)O. The van der Waals surface area contributed by atoms with E-state index in [1.807, 2.05) is 12.2 Å². The number of esters is 1. The Bertz CT molecular complexity index is 835. The van der Waals surface area contributed by atoms with Crippen LogP contribution in [0.15, 0.2) is 72.9 Å². The predicted molar refractivity (Wildman–Crippen MR) is 166 cm³/mol. The normalized spacial score (nSPS) is 13.1. The molecule has 0 rings (SSSR count). The number of ether oxygens (including phenoxy) is 1. The molecule has 0 saturated heterocycles. The molecule has 2 N–H and O–H groups in total. The molecule has 0 aliphatic rings. The number of carbonyl (C=O) groups excluding carboxylic acids is 2. The van der Waals surface area contributed by atoms with E-state index < -0.39 is 5.97 Å². The Balaban J connectivity index is 4.34. The molecular formula is C34H53NO5. The summed E-state index contributed by atoms with van der Waals surface area (Å²) < 4.78 is 5.75. The lowest BCUT2D eigenvalue weighted by Gasteiger charge is -2.14. The Kier molecular flexibility index (Phi) is 26.6. The van der Waals surface area contributed by atoms with Crippen LogP contribution in [-0.2, 0) is 19.1 Å². The number of aliphatic carboxylic acids is 1. The van der Waals surface area contributed by atoms with E-state index in [9.17, 15) is 14.4 Å². The molecule has 1 amide bonds. The van der Waals surface area contributed by atoms with E-state index in [2.05, 4.69) is 79.9 Å². The number of carboxylic acid groups (broad SMARTS) is 1. The van der Waals surface area contributed by atoms with Crippen molar-refractivity contribution in [1.82, 2.24) is 5.32 Å². The molecule has 0 fully saturated rings. The zero-order chi connectivity index (χ0) is 29.5. The summed E-state index contributed by atoms with van der Waals surface area (Å²) in [6.45, 7) is 3.95. The van der Waals surface area contributed by atoms with Gasteiger partial charge < -0.3 is 15.2 Å². The molecule has 0 aromatic carbocycles. The monoisotopic (exact) mass is 555 g/mol. The molecule has 6 nitrogen and oxygen atoms in total. The highest BCUT2D eigenvalue weighted by Crippen LogP contribution is 2.13. The molecule has 40 heavy (non-hydrogen) atoms. The van der Waals surface area contributed by atoms with Gasteiger partial charge in [0, 0.05) is 12.8 Å². The molecule has 224 valence electrons.